The van der Waals surface area contributed by atoms with Crippen LogP contribution in [0.25, 0.3) is 0 Å². The van der Waals surface area contributed by atoms with Gasteiger partial charge in [-0.25, -0.2) is 0 Å². The van der Waals surface area contributed by atoms with Gasteiger partial charge in [-0.15, -0.1) is 12.4 Å². The molecule has 3 rings (SSSR count). The van der Waals surface area contributed by atoms with Crippen molar-refractivity contribution in [2.45, 2.75) is 70.2 Å². The number of halogens is 1. The van der Waals surface area contributed by atoms with Crippen LogP contribution < -0.4 is 0 Å². The highest BCUT2D eigenvalue weighted by molar-refractivity contribution is 5.85. The Kier molecular flexibility index (Phi) is 6.51. The van der Waals surface area contributed by atoms with E-state index in [2.05, 4.69) is 0 Å². The molecule has 2 aliphatic heterocycles. The predicted molar refractivity (Wildman–Crippen MR) is 92.3 cm³/mol. The molecule has 0 radical (unpaired) electrons. The largest absolute Gasteiger partial charge is 0.480 e. The van der Waals surface area contributed by atoms with Crippen LogP contribution in [0.15, 0.2) is 0 Å². The fourth-order valence-electron chi connectivity index (χ4n) is 4.66. The average Bonchev–Trinajstić information content (AvgIpc) is 2.85. The lowest BCUT2D eigenvalue weighted by atomic mass is 9.85. The average molecular weight is 361 g/mol. The maximum atomic E-state index is 12.7. The minimum absolute atomic E-state index is 0. The van der Waals surface area contributed by atoms with Gasteiger partial charge in [0.2, 0.25) is 5.91 Å². The summed E-state index contributed by atoms with van der Waals surface area (Å²) >= 11 is 0. The lowest BCUT2D eigenvalue weighted by Gasteiger charge is -2.38. The minimum Gasteiger partial charge on any atom is -0.480 e. The Morgan fingerprint density at radius 1 is 1.12 bits per heavy atom. The highest BCUT2D eigenvalue weighted by atomic mass is 35.5. The van der Waals surface area contributed by atoms with Crippen LogP contribution in [0.3, 0.4) is 0 Å². The van der Waals surface area contributed by atoms with Crippen molar-refractivity contribution in [1.82, 2.24) is 9.80 Å². The number of likely N-dealkylation sites (tertiary alicyclic amines) is 1. The van der Waals surface area contributed by atoms with E-state index in [4.69, 9.17) is 4.74 Å². The van der Waals surface area contributed by atoms with Crippen molar-refractivity contribution in [2.24, 2.45) is 5.92 Å². The lowest BCUT2D eigenvalue weighted by Crippen LogP contribution is -2.53. The molecule has 0 spiro atoms. The van der Waals surface area contributed by atoms with E-state index in [1.54, 1.807) is 0 Å². The predicted octanol–water partition coefficient (Wildman–Crippen LogP) is 1.76. The van der Waals surface area contributed by atoms with Crippen LogP contribution in [0.1, 0.15) is 46.0 Å². The highest BCUT2D eigenvalue weighted by Crippen LogP contribution is 2.39. The molecule has 1 aliphatic carbocycles. The normalized spacial score (nSPS) is 36.8. The van der Waals surface area contributed by atoms with Crippen molar-refractivity contribution in [3.05, 3.63) is 0 Å². The molecule has 1 saturated carbocycles. The number of hydrogen-bond donors (Lipinski definition) is 1. The summed E-state index contributed by atoms with van der Waals surface area (Å²) in [6, 6.07) is -0.229. The number of aliphatic carboxylic acids is 1. The first-order chi connectivity index (χ1) is 11.0. The van der Waals surface area contributed by atoms with Crippen LogP contribution >= 0.6 is 12.4 Å². The van der Waals surface area contributed by atoms with Gasteiger partial charge in [-0.1, -0.05) is 12.8 Å². The van der Waals surface area contributed by atoms with Crippen molar-refractivity contribution in [2.75, 3.05) is 19.6 Å². The van der Waals surface area contributed by atoms with Crippen LogP contribution in [-0.2, 0) is 14.3 Å². The zero-order valence-electron chi connectivity index (χ0n) is 14.5. The van der Waals surface area contributed by atoms with Gasteiger partial charge >= 0.3 is 5.97 Å². The number of fused-ring (bicyclic) bond motifs is 1. The molecule has 0 aromatic carbocycles. The number of carbonyl (C=O) groups is 2. The second-order valence-electron chi connectivity index (χ2n) is 7.43. The van der Waals surface area contributed by atoms with Gasteiger partial charge in [-0.3, -0.25) is 14.5 Å². The number of carboxylic acids is 1. The molecule has 138 valence electrons. The molecule has 3 fully saturated rings. The van der Waals surface area contributed by atoms with Crippen LogP contribution in [0, 0.1) is 5.92 Å². The van der Waals surface area contributed by atoms with Gasteiger partial charge in [0.1, 0.15) is 6.04 Å². The van der Waals surface area contributed by atoms with Crippen LogP contribution in [0.5, 0.6) is 0 Å². The number of morpholine rings is 1. The molecular formula is C17H29ClN2O4. The fraction of sp³-hybridized carbons (Fsp3) is 0.882. The maximum Gasteiger partial charge on any atom is 0.320 e. The van der Waals surface area contributed by atoms with Gasteiger partial charge in [0.25, 0.3) is 0 Å². The Hall–Kier alpha value is -0.850. The Morgan fingerprint density at radius 3 is 2.38 bits per heavy atom. The summed E-state index contributed by atoms with van der Waals surface area (Å²) in [5.74, 6) is -0.291. The first-order valence-electron chi connectivity index (χ1n) is 8.87. The van der Waals surface area contributed by atoms with Crippen LogP contribution in [0.2, 0.25) is 0 Å². The number of ether oxygens (including phenoxy) is 1. The molecule has 2 saturated heterocycles. The van der Waals surface area contributed by atoms with E-state index in [-0.39, 0.29) is 43.1 Å². The maximum absolute atomic E-state index is 12.7. The van der Waals surface area contributed by atoms with Gasteiger partial charge in [0, 0.05) is 19.1 Å². The summed E-state index contributed by atoms with van der Waals surface area (Å²) in [4.78, 5) is 28.2. The molecule has 5 unspecified atom stereocenters. The van der Waals surface area contributed by atoms with E-state index in [0.717, 1.165) is 19.3 Å². The molecule has 0 aromatic rings. The van der Waals surface area contributed by atoms with Crippen LogP contribution in [-0.4, -0.2) is 70.7 Å². The third-order valence-electron chi connectivity index (χ3n) is 5.60. The molecule has 3 aliphatic rings. The molecule has 6 nitrogen and oxygen atoms in total. The van der Waals surface area contributed by atoms with E-state index in [1.807, 2.05) is 23.6 Å². The van der Waals surface area contributed by atoms with Crippen LogP contribution in [0.4, 0.5) is 0 Å². The first-order valence-corrected chi connectivity index (χ1v) is 8.87. The molecule has 1 N–H and O–H groups in total. The van der Waals surface area contributed by atoms with Crippen molar-refractivity contribution < 1.29 is 19.4 Å². The van der Waals surface area contributed by atoms with Crippen molar-refractivity contribution in [1.29, 1.82) is 0 Å². The summed E-state index contributed by atoms with van der Waals surface area (Å²) in [6.07, 6.45) is 5.24. The Labute approximate surface area is 149 Å². The summed E-state index contributed by atoms with van der Waals surface area (Å²) in [6.45, 7) is 5.38. The smallest absolute Gasteiger partial charge is 0.320 e. The van der Waals surface area contributed by atoms with Crippen molar-refractivity contribution in [3.63, 3.8) is 0 Å². The number of rotatable bonds is 3. The van der Waals surface area contributed by atoms with Gasteiger partial charge in [0.15, 0.2) is 0 Å². The summed E-state index contributed by atoms with van der Waals surface area (Å²) in [7, 11) is 0. The molecule has 5 atom stereocenters. The van der Waals surface area contributed by atoms with Gasteiger partial charge in [0.05, 0.1) is 18.8 Å². The van der Waals surface area contributed by atoms with E-state index in [0.29, 0.717) is 25.4 Å². The molecule has 0 aromatic heterocycles. The number of nitrogens with zero attached hydrogens (tertiary/aromatic N) is 2. The SMILES string of the molecule is CC1CN(C(=O)CN2C(C(=O)O)CC3CCCCC32)CC(C)O1.Cl. The van der Waals surface area contributed by atoms with Gasteiger partial charge in [-0.05, 0) is 39.0 Å². The Morgan fingerprint density at radius 2 is 1.75 bits per heavy atom. The lowest BCUT2D eigenvalue weighted by molar-refractivity contribution is -0.148. The van der Waals surface area contributed by atoms with Gasteiger partial charge in [-0.2, -0.15) is 0 Å². The zero-order chi connectivity index (χ0) is 16.6. The van der Waals surface area contributed by atoms with E-state index in [9.17, 15) is 14.7 Å². The molecule has 7 heteroatoms. The first kappa shape index (κ1) is 19.5. The Bertz CT molecular complexity index is 466. The quantitative estimate of drug-likeness (QED) is 0.830. The fourth-order valence-corrected chi connectivity index (χ4v) is 4.66. The zero-order valence-corrected chi connectivity index (χ0v) is 15.3. The second kappa shape index (κ2) is 8.02. The molecule has 1 amide bonds. The summed E-state index contributed by atoms with van der Waals surface area (Å²) < 4.78 is 5.68. The van der Waals surface area contributed by atoms with E-state index >= 15 is 0 Å². The summed E-state index contributed by atoms with van der Waals surface area (Å²) in [5.41, 5.74) is 0. The molecule has 2 heterocycles. The minimum atomic E-state index is -0.782. The van der Waals surface area contributed by atoms with E-state index < -0.39 is 12.0 Å². The number of carbonyl (C=O) groups excluding carboxylic acids is 1. The third-order valence-corrected chi connectivity index (χ3v) is 5.60. The Balaban J connectivity index is 0.00000208. The highest BCUT2D eigenvalue weighted by Gasteiger charge is 2.46. The number of carboxylic acid groups (broad SMARTS) is 1. The topological polar surface area (TPSA) is 70.1 Å². The monoisotopic (exact) mass is 360 g/mol. The molecule has 0 bridgehead atoms. The van der Waals surface area contributed by atoms with Crippen molar-refractivity contribution in [3.8, 4) is 0 Å². The number of amides is 1. The molecular weight excluding hydrogens is 332 g/mol. The van der Waals surface area contributed by atoms with E-state index in [1.165, 1.54) is 6.42 Å². The van der Waals surface area contributed by atoms with Gasteiger partial charge < -0.3 is 14.7 Å². The molecule has 24 heavy (non-hydrogen) atoms. The second-order valence-corrected chi connectivity index (χ2v) is 7.43. The standard InChI is InChI=1S/C17H28N2O4.ClH/c1-11-8-18(9-12(2)23-11)16(20)10-19-14-6-4-3-5-13(14)7-15(19)17(21)22;/h11-15H,3-10H2,1-2H3,(H,21,22);1H. The summed E-state index contributed by atoms with van der Waals surface area (Å²) in [5, 5.41) is 9.55. The number of hydrogen-bond acceptors (Lipinski definition) is 4. The third kappa shape index (κ3) is 4.03. The van der Waals surface area contributed by atoms with Crippen molar-refractivity contribution >= 4 is 24.3 Å².